The number of rotatable bonds is 6. The summed E-state index contributed by atoms with van der Waals surface area (Å²) in [5.74, 6) is -0.332. The van der Waals surface area contributed by atoms with Gasteiger partial charge in [-0.2, -0.15) is 0 Å². The lowest BCUT2D eigenvalue weighted by molar-refractivity contribution is -0.122. The summed E-state index contributed by atoms with van der Waals surface area (Å²) in [4.78, 5) is 28.8. The molecule has 1 saturated heterocycles. The van der Waals surface area contributed by atoms with Crippen LogP contribution < -0.4 is 16.1 Å². The third kappa shape index (κ3) is 6.75. The van der Waals surface area contributed by atoms with E-state index in [-0.39, 0.29) is 6.09 Å². The highest BCUT2D eigenvalue weighted by atomic mass is 35.5. The predicted molar refractivity (Wildman–Crippen MR) is 168 cm³/mol. The number of amides is 2. The maximum atomic E-state index is 12.6. The number of nitrogens with zero attached hydrogens (tertiary/aromatic N) is 6. The topological polar surface area (TPSA) is 122 Å². The van der Waals surface area contributed by atoms with Gasteiger partial charge in [0.1, 0.15) is 11.9 Å². The summed E-state index contributed by atoms with van der Waals surface area (Å²) >= 11 is 26.4. The average molecular weight is 668 g/mol. The Hall–Kier alpha value is -3.38. The number of carbonyl (C=O) groups is 2. The van der Waals surface area contributed by atoms with E-state index in [1.54, 1.807) is 46.0 Å². The van der Waals surface area contributed by atoms with Gasteiger partial charge in [-0.15, -0.1) is 10.2 Å². The van der Waals surface area contributed by atoms with Crippen LogP contribution in [0, 0.1) is 0 Å². The van der Waals surface area contributed by atoms with E-state index in [1.807, 2.05) is 25.7 Å². The molecule has 1 unspecified atom stereocenters. The first-order valence-corrected chi connectivity index (χ1v) is 14.9. The molecule has 1 aromatic heterocycles. The third-order valence-corrected chi connectivity index (χ3v) is 8.19. The van der Waals surface area contributed by atoms with E-state index in [2.05, 4.69) is 15.6 Å². The number of hydrazine groups is 1. The van der Waals surface area contributed by atoms with Gasteiger partial charge >= 0.3 is 6.09 Å². The van der Waals surface area contributed by atoms with Crippen molar-refractivity contribution in [3.63, 3.8) is 0 Å². The lowest BCUT2D eigenvalue weighted by Gasteiger charge is -2.37. The van der Waals surface area contributed by atoms with Gasteiger partial charge in [-0.1, -0.05) is 52.5 Å². The molecule has 0 spiro atoms. The smallest absolute Gasteiger partial charge is 0.410 e. The minimum absolute atomic E-state index is 0.317. The summed E-state index contributed by atoms with van der Waals surface area (Å²) in [6, 6.07) is 7.70. The number of anilines is 2. The maximum absolute atomic E-state index is 12.6. The number of allylic oxidation sites excluding steroid dienone is 1. The second-order valence-electron chi connectivity index (χ2n) is 11.1. The van der Waals surface area contributed by atoms with Crippen molar-refractivity contribution in [1.29, 1.82) is 0 Å². The number of halogens is 4. The zero-order valence-corrected chi connectivity index (χ0v) is 26.7. The van der Waals surface area contributed by atoms with Gasteiger partial charge in [0.15, 0.2) is 11.9 Å². The minimum atomic E-state index is -0.994. The molecule has 0 radical (unpaired) electrons. The highest BCUT2D eigenvalue weighted by Crippen LogP contribution is 2.39. The first kappa shape index (κ1) is 31.1. The summed E-state index contributed by atoms with van der Waals surface area (Å²) < 4.78 is 7.18. The molecular weight excluding hydrogens is 638 g/mol. The van der Waals surface area contributed by atoms with Crippen LogP contribution in [0.1, 0.15) is 38.2 Å². The van der Waals surface area contributed by atoms with Gasteiger partial charge in [-0.3, -0.25) is 19.8 Å². The standard InChI is InChI=1S/C28H30Cl4N8O3/c1-28(2,3)43-27(42)38-9-7-37(8-10-38)23-21(31)11-16(12-22(23)32)36-40-14-17(13-18-19(29)5-4-6-20(18)30)39-15-34-35-26(39)24(40)25(33)41/h4-6,11-12,14-15,24,36H,7-10,13H2,1-3H3,(H2,33,41). The number of piperazine rings is 1. The molecule has 43 heavy (non-hydrogen) atoms. The molecule has 1 atom stereocenters. The van der Waals surface area contributed by atoms with Crippen molar-refractivity contribution < 1.29 is 14.3 Å². The van der Waals surface area contributed by atoms with Crippen molar-refractivity contribution in [3.8, 4) is 0 Å². The Balaban J connectivity index is 1.38. The van der Waals surface area contributed by atoms with Gasteiger partial charge in [-0.05, 0) is 50.6 Å². The molecular formula is C28H30Cl4N8O3. The highest BCUT2D eigenvalue weighted by Gasteiger charge is 2.35. The van der Waals surface area contributed by atoms with Crippen molar-refractivity contribution >= 4 is 75.5 Å². The fourth-order valence-electron chi connectivity index (χ4n) is 4.97. The van der Waals surface area contributed by atoms with E-state index in [0.29, 0.717) is 81.2 Å². The molecule has 0 aliphatic carbocycles. The average Bonchev–Trinajstić information content (AvgIpc) is 3.39. The molecule has 3 heterocycles. The fourth-order valence-corrected chi connectivity index (χ4v) is 6.23. The summed E-state index contributed by atoms with van der Waals surface area (Å²) in [5.41, 5.74) is 11.0. The van der Waals surface area contributed by atoms with Gasteiger partial charge in [0.2, 0.25) is 5.91 Å². The van der Waals surface area contributed by atoms with Crippen LogP contribution in [-0.2, 0) is 16.0 Å². The summed E-state index contributed by atoms with van der Waals surface area (Å²) in [7, 11) is 0. The van der Waals surface area contributed by atoms with Crippen LogP contribution >= 0.6 is 46.4 Å². The van der Waals surface area contributed by atoms with Crippen molar-refractivity contribution in [1.82, 2.24) is 24.7 Å². The van der Waals surface area contributed by atoms with Gasteiger partial charge in [-0.25, -0.2) is 4.79 Å². The predicted octanol–water partition coefficient (Wildman–Crippen LogP) is 5.86. The lowest BCUT2D eigenvalue weighted by Crippen LogP contribution is -2.50. The molecule has 11 nitrogen and oxygen atoms in total. The number of primary amides is 1. The van der Waals surface area contributed by atoms with E-state index in [9.17, 15) is 9.59 Å². The molecule has 228 valence electrons. The quantitative estimate of drug-likeness (QED) is 0.335. The molecule has 3 aromatic rings. The summed E-state index contributed by atoms with van der Waals surface area (Å²) in [5, 5.41) is 11.5. The van der Waals surface area contributed by atoms with Crippen LogP contribution in [0.25, 0.3) is 5.70 Å². The first-order chi connectivity index (χ1) is 20.3. The molecule has 2 aromatic carbocycles. The molecule has 1 fully saturated rings. The number of fused-ring (bicyclic) bond motifs is 1. The molecule has 2 aliphatic heterocycles. The number of hydrogen-bond donors (Lipinski definition) is 2. The number of benzene rings is 2. The number of aromatic nitrogens is 3. The van der Waals surface area contributed by atoms with Gasteiger partial charge in [0, 0.05) is 54.5 Å². The lowest BCUT2D eigenvalue weighted by atomic mass is 10.1. The van der Waals surface area contributed by atoms with Crippen molar-refractivity contribution in [2.75, 3.05) is 36.5 Å². The molecule has 3 N–H and O–H groups in total. The van der Waals surface area contributed by atoms with Crippen LogP contribution in [0.15, 0.2) is 42.9 Å². The van der Waals surface area contributed by atoms with E-state index >= 15 is 0 Å². The SMILES string of the molecule is CC(C)(C)OC(=O)N1CCN(c2c(Cl)cc(NN3C=C(Cc4c(Cl)cccc4Cl)n4cnnc4C3C(N)=O)cc2Cl)CC1. The maximum Gasteiger partial charge on any atom is 0.410 e. The highest BCUT2D eigenvalue weighted by molar-refractivity contribution is 6.39. The largest absolute Gasteiger partial charge is 0.444 e. The van der Waals surface area contributed by atoms with Crippen LogP contribution in [0.2, 0.25) is 20.1 Å². The number of nitrogens with one attached hydrogen (secondary N) is 1. The second-order valence-corrected chi connectivity index (χ2v) is 12.8. The molecule has 2 aliphatic rings. The molecule has 0 saturated carbocycles. The van der Waals surface area contributed by atoms with Crippen molar-refractivity contribution in [3.05, 3.63) is 74.3 Å². The summed E-state index contributed by atoms with van der Waals surface area (Å²) in [6.07, 6.45) is 3.19. The third-order valence-electron chi connectivity index (χ3n) is 6.91. The second kappa shape index (κ2) is 12.3. The Bertz CT molecular complexity index is 1540. The first-order valence-electron chi connectivity index (χ1n) is 13.4. The summed E-state index contributed by atoms with van der Waals surface area (Å²) in [6.45, 7) is 7.46. The fraction of sp³-hybridized carbons (Fsp3) is 0.357. The molecule has 5 rings (SSSR count). The number of ether oxygens (including phenoxy) is 1. The number of nitrogens with two attached hydrogens (primary N) is 1. The van der Waals surface area contributed by atoms with Crippen molar-refractivity contribution in [2.24, 2.45) is 5.73 Å². The Labute approximate surface area is 269 Å². The van der Waals surface area contributed by atoms with Crippen LogP contribution in [0.3, 0.4) is 0 Å². The number of carbonyl (C=O) groups excluding carboxylic acids is 2. The monoisotopic (exact) mass is 666 g/mol. The number of hydrogen-bond acceptors (Lipinski definition) is 8. The zero-order valence-electron chi connectivity index (χ0n) is 23.7. The zero-order chi connectivity index (χ0) is 31.1. The Morgan fingerprint density at radius 1 is 1.02 bits per heavy atom. The molecule has 2 amide bonds. The minimum Gasteiger partial charge on any atom is -0.444 e. The normalized spacial score (nSPS) is 17.0. The van der Waals surface area contributed by atoms with E-state index < -0.39 is 17.6 Å². The van der Waals surface area contributed by atoms with Gasteiger partial charge in [0.25, 0.3) is 0 Å². The Morgan fingerprint density at radius 3 is 2.23 bits per heavy atom. The van der Waals surface area contributed by atoms with Gasteiger partial charge < -0.3 is 20.3 Å². The van der Waals surface area contributed by atoms with E-state index in [1.165, 1.54) is 11.3 Å². The van der Waals surface area contributed by atoms with E-state index in [0.717, 1.165) is 0 Å². The molecule has 0 bridgehead atoms. The van der Waals surface area contributed by atoms with Crippen LogP contribution in [-0.4, -0.2) is 68.5 Å². The van der Waals surface area contributed by atoms with E-state index in [4.69, 9.17) is 56.9 Å². The Kier molecular flexibility index (Phi) is 8.89. The van der Waals surface area contributed by atoms with Gasteiger partial charge in [0.05, 0.1) is 21.4 Å². The van der Waals surface area contributed by atoms with Crippen LogP contribution in [0.5, 0.6) is 0 Å². The molecule has 15 heteroatoms. The van der Waals surface area contributed by atoms with Crippen LogP contribution in [0.4, 0.5) is 16.2 Å². The Morgan fingerprint density at radius 2 is 1.65 bits per heavy atom. The van der Waals surface area contributed by atoms with Crippen molar-refractivity contribution in [2.45, 2.75) is 38.8 Å².